The zero-order valence-electron chi connectivity index (χ0n) is 19.0. The summed E-state index contributed by atoms with van der Waals surface area (Å²) in [6, 6.07) is 15.2. The molecule has 1 aromatic heterocycles. The first-order chi connectivity index (χ1) is 15.5. The third kappa shape index (κ3) is 5.25. The Kier molecular flexibility index (Phi) is 7.00. The number of carbonyl (C=O) groups excluding carboxylic acids is 1. The number of hydrogen-bond acceptors (Lipinski definition) is 4. The zero-order valence-corrected chi connectivity index (χ0v) is 19.0. The second kappa shape index (κ2) is 10.1. The standard InChI is InChI=1S/C26H32N4O2/c1-19-7-5-15-29(17-19)16-6-14-27-25(31)22-12-10-21(11-13-22)18-30-24-9-4-3-8-23(24)28-20(2)26(30)32/h3-4,8-13,19H,5-7,14-18H2,1-2H3,(H,27,31)/t19-/m0/s1. The lowest BCUT2D eigenvalue weighted by Crippen LogP contribution is -2.36. The van der Waals surface area contributed by atoms with Crippen molar-refractivity contribution >= 4 is 16.9 Å². The number of nitrogens with zero attached hydrogens (tertiary/aromatic N) is 3. The predicted octanol–water partition coefficient (Wildman–Crippen LogP) is 3.61. The lowest BCUT2D eigenvalue weighted by atomic mass is 10.0. The quantitative estimate of drug-likeness (QED) is 0.579. The number of aryl methyl sites for hydroxylation is 1. The Morgan fingerprint density at radius 2 is 1.94 bits per heavy atom. The molecule has 32 heavy (non-hydrogen) atoms. The Balaban J connectivity index is 1.34. The van der Waals surface area contributed by atoms with Crippen LogP contribution >= 0.6 is 0 Å². The van der Waals surface area contributed by atoms with Crippen LogP contribution in [0.1, 0.15) is 47.8 Å². The van der Waals surface area contributed by atoms with Gasteiger partial charge in [0.05, 0.1) is 17.6 Å². The van der Waals surface area contributed by atoms with Gasteiger partial charge in [-0.2, -0.15) is 0 Å². The fourth-order valence-electron chi connectivity index (χ4n) is 4.52. The van der Waals surface area contributed by atoms with Crippen molar-refractivity contribution in [3.63, 3.8) is 0 Å². The number of aromatic nitrogens is 2. The molecule has 0 spiro atoms. The SMILES string of the molecule is Cc1nc2ccccc2n(Cc2ccc(C(=O)NCCCN3CCC[C@H](C)C3)cc2)c1=O. The van der Waals surface area contributed by atoms with Gasteiger partial charge in [-0.15, -0.1) is 0 Å². The summed E-state index contributed by atoms with van der Waals surface area (Å²) in [6.45, 7) is 8.57. The lowest BCUT2D eigenvalue weighted by molar-refractivity contribution is 0.0950. The van der Waals surface area contributed by atoms with Gasteiger partial charge in [-0.05, 0) is 75.0 Å². The van der Waals surface area contributed by atoms with Crippen LogP contribution in [0, 0.1) is 12.8 Å². The molecule has 0 bridgehead atoms. The van der Waals surface area contributed by atoms with E-state index < -0.39 is 0 Å². The Morgan fingerprint density at radius 3 is 2.72 bits per heavy atom. The van der Waals surface area contributed by atoms with E-state index in [2.05, 4.69) is 22.1 Å². The molecule has 1 aliphatic heterocycles. The number of likely N-dealkylation sites (tertiary alicyclic amines) is 1. The van der Waals surface area contributed by atoms with Crippen LogP contribution in [0.3, 0.4) is 0 Å². The van der Waals surface area contributed by atoms with E-state index in [-0.39, 0.29) is 11.5 Å². The van der Waals surface area contributed by atoms with Gasteiger partial charge >= 0.3 is 0 Å². The van der Waals surface area contributed by atoms with Crippen LogP contribution in [0.25, 0.3) is 11.0 Å². The van der Waals surface area contributed by atoms with Gasteiger partial charge in [-0.1, -0.05) is 31.2 Å². The molecule has 0 unspecified atom stereocenters. The maximum Gasteiger partial charge on any atom is 0.272 e. The van der Waals surface area contributed by atoms with E-state index in [1.165, 1.54) is 25.9 Å². The molecule has 1 N–H and O–H groups in total. The highest BCUT2D eigenvalue weighted by molar-refractivity contribution is 5.94. The highest BCUT2D eigenvalue weighted by Crippen LogP contribution is 2.15. The van der Waals surface area contributed by atoms with E-state index in [9.17, 15) is 9.59 Å². The van der Waals surface area contributed by atoms with Crippen LogP contribution in [-0.2, 0) is 6.54 Å². The number of hydrogen-bond donors (Lipinski definition) is 1. The summed E-state index contributed by atoms with van der Waals surface area (Å²) in [5.41, 5.74) is 3.63. The normalized spacial score (nSPS) is 16.9. The Bertz CT molecular complexity index is 1140. The van der Waals surface area contributed by atoms with Gasteiger partial charge in [0.25, 0.3) is 11.5 Å². The third-order valence-electron chi connectivity index (χ3n) is 6.25. The van der Waals surface area contributed by atoms with E-state index in [0.29, 0.717) is 24.3 Å². The maximum atomic E-state index is 12.7. The molecule has 1 aliphatic rings. The van der Waals surface area contributed by atoms with Crippen LogP contribution in [0.4, 0.5) is 0 Å². The highest BCUT2D eigenvalue weighted by atomic mass is 16.1. The van der Waals surface area contributed by atoms with Crippen molar-refractivity contribution in [2.75, 3.05) is 26.2 Å². The highest BCUT2D eigenvalue weighted by Gasteiger charge is 2.15. The number of para-hydroxylation sites is 2. The van der Waals surface area contributed by atoms with Crippen LogP contribution < -0.4 is 10.9 Å². The molecule has 0 radical (unpaired) electrons. The number of carbonyl (C=O) groups is 1. The van der Waals surface area contributed by atoms with E-state index in [1.54, 1.807) is 11.5 Å². The van der Waals surface area contributed by atoms with Crippen molar-refractivity contribution in [3.05, 3.63) is 75.7 Å². The fraction of sp³-hybridized carbons (Fsp3) is 0.423. The molecule has 1 fully saturated rings. The smallest absolute Gasteiger partial charge is 0.272 e. The monoisotopic (exact) mass is 432 g/mol. The number of rotatable bonds is 7. The third-order valence-corrected chi connectivity index (χ3v) is 6.25. The fourth-order valence-corrected chi connectivity index (χ4v) is 4.52. The molecule has 168 valence electrons. The molecule has 2 heterocycles. The Hall–Kier alpha value is -2.99. The first-order valence-corrected chi connectivity index (χ1v) is 11.6. The van der Waals surface area contributed by atoms with Gasteiger partial charge in [0.1, 0.15) is 5.69 Å². The topological polar surface area (TPSA) is 67.2 Å². The average Bonchev–Trinajstić information content (AvgIpc) is 2.80. The number of benzene rings is 2. The summed E-state index contributed by atoms with van der Waals surface area (Å²) in [4.78, 5) is 32.1. The molecule has 0 aliphatic carbocycles. The molecule has 3 aromatic rings. The minimum absolute atomic E-state index is 0.0501. The Morgan fingerprint density at radius 1 is 1.16 bits per heavy atom. The summed E-state index contributed by atoms with van der Waals surface area (Å²) in [7, 11) is 0. The van der Waals surface area contributed by atoms with Crippen LogP contribution in [0.15, 0.2) is 53.3 Å². The summed E-state index contributed by atoms with van der Waals surface area (Å²) in [5.74, 6) is 0.729. The second-order valence-electron chi connectivity index (χ2n) is 8.93. The summed E-state index contributed by atoms with van der Waals surface area (Å²) in [5, 5.41) is 3.03. The lowest BCUT2D eigenvalue weighted by Gasteiger charge is -2.30. The molecular formula is C26H32N4O2. The van der Waals surface area contributed by atoms with E-state index in [0.717, 1.165) is 35.5 Å². The van der Waals surface area contributed by atoms with Crippen molar-refractivity contribution in [3.8, 4) is 0 Å². The summed E-state index contributed by atoms with van der Waals surface area (Å²) >= 11 is 0. The van der Waals surface area contributed by atoms with Gasteiger partial charge in [-0.3, -0.25) is 9.59 Å². The first-order valence-electron chi connectivity index (χ1n) is 11.6. The number of nitrogens with one attached hydrogen (secondary N) is 1. The number of amides is 1. The van der Waals surface area contributed by atoms with Gasteiger partial charge in [0.15, 0.2) is 0 Å². The second-order valence-corrected chi connectivity index (χ2v) is 8.93. The van der Waals surface area contributed by atoms with Crippen molar-refractivity contribution in [2.24, 2.45) is 5.92 Å². The van der Waals surface area contributed by atoms with Crippen LogP contribution in [-0.4, -0.2) is 46.5 Å². The molecule has 2 aromatic carbocycles. The average molecular weight is 433 g/mol. The first kappa shape index (κ1) is 22.2. The minimum Gasteiger partial charge on any atom is -0.352 e. The van der Waals surface area contributed by atoms with E-state index >= 15 is 0 Å². The molecule has 6 heteroatoms. The maximum absolute atomic E-state index is 12.7. The number of fused-ring (bicyclic) bond motifs is 1. The molecule has 0 saturated carbocycles. The van der Waals surface area contributed by atoms with Gasteiger partial charge < -0.3 is 14.8 Å². The number of piperidine rings is 1. The van der Waals surface area contributed by atoms with Crippen molar-refractivity contribution in [2.45, 2.75) is 39.7 Å². The predicted molar refractivity (Wildman–Crippen MR) is 128 cm³/mol. The van der Waals surface area contributed by atoms with Crippen LogP contribution in [0.2, 0.25) is 0 Å². The summed E-state index contributed by atoms with van der Waals surface area (Å²) < 4.78 is 1.74. The van der Waals surface area contributed by atoms with Gasteiger partial charge in [-0.25, -0.2) is 4.98 Å². The molecule has 1 amide bonds. The van der Waals surface area contributed by atoms with Crippen molar-refractivity contribution in [1.29, 1.82) is 0 Å². The zero-order chi connectivity index (χ0) is 22.5. The van der Waals surface area contributed by atoms with Gasteiger partial charge in [0.2, 0.25) is 0 Å². The van der Waals surface area contributed by atoms with E-state index in [1.807, 2.05) is 48.5 Å². The molecular weight excluding hydrogens is 400 g/mol. The van der Waals surface area contributed by atoms with Crippen molar-refractivity contribution in [1.82, 2.24) is 19.8 Å². The van der Waals surface area contributed by atoms with Crippen LogP contribution in [0.5, 0.6) is 0 Å². The molecule has 4 rings (SSSR count). The van der Waals surface area contributed by atoms with E-state index in [4.69, 9.17) is 0 Å². The largest absolute Gasteiger partial charge is 0.352 e. The van der Waals surface area contributed by atoms with Gasteiger partial charge in [0, 0.05) is 18.7 Å². The molecule has 6 nitrogen and oxygen atoms in total. The Labute approximate surface area is 189 Å². The summed E-state index contributed by atoms with van der Waals surface area (Å²) in [6.07, 6.45) is 3.57. The molecule has 1 saturated heterocycles. The molecule has 1 atom stereocenters. The van der Waals surface area contributed by atoms with Crippen molar-refractivity contribution < 1.29 is 4.79 Å². The minimum atomic E-state index is -0.0892.